The molecule has 0 spiro atoms. The first-order valence-electron chi connectivity index (χ1n) is 6.54. The number of carbonyl (C=O) groups is 1. The van der Waals surface area contributed by atoms with Crippen LogP contribution in [-0.2, 0) is 6.18 Å². The molecule has 0 saturated carbocycles. The number of nitrogens with one attached hydrogen (secondary N) is 1. The molecule has 0 bridgehead atoms. The molecule has 21 heavy (non-hydrogen) atoms. The van der Waals surface area contributed by atoms with Gasteiger partial charge in [0.15, 0.2) is 5.65 Å². The second-order valence-corrected chi connectivity index (χ2v) is 4.62. The summed E-state index contributed by atoms with van der Waals surface area (Å²) >= 11 is 0. The minimum atomic E-state index is -4.63. The molecule has 0 radical (unpaired) electrons. The SMILES string of the molecule is CCCCNc1ncnc2c1cc(C(F)(F)F)n2C(C)=O. The Bertz CT molecular complexity index is 663. The summed E-state index contributed by atoms with van der Waals surface area (Å²) < 4.78 is 39.7. The van der Waals surface area contributed by atoms with Crippen molar-refractivity contribution in [1.29, 1.82) is 0 Å². The predicted octanol–water partition coefficient (Wildman–Crippen LogP) is 3.32. The van der Waals surface area contributed by atoms with Crippen molar-refractivity contribution >= 4 is 22.8 Å². The lowest BCUT2D eigenvalue weighted by Crippen LogP contribution is -2.17. The molecule has 0 aliphatic carbocycles. The van der Waals surface area contributed by atoms with Gasteiger partial charge in [0, 0.05) is 13.5 Å². The molecule has 2 aromatic rings. The van der Waals surface area contributed by atoms with E-state index in [0.29, 0.717) is 16.9 Å². The van der Waals surface area contributed by atoms with Crippen LogP contribution in [0.3, 0.4) is 0 Å². The van der Waals surface area contributed by atoms with Crippen molar-refractivity contribution < 1.29 is 18.0 Å². The average molecular weight is 300 g/mol. The molecule has 0 amide bonds. The summed E-state index contributed by atoms with van der Waals surface area (Å²) in [6.45, 7) is 3.67. The van der Waals surface area contributed by atoms with Gasteiger partial charge in [-0.3, -0.25) is 9.36 Å². The zero-order chi connectivity index (χ0) is 15.6. The van der Waals surface area contributed by atoms with Crippen LogP contribution in [0.2, 0.25) is 0 Å². The number of fused-ring (bicyclic) bond motifs is 1. The van der Waals surface area contributed by atoms with Crippen molar-refractivity contribution in [2.75, 3.05) is 11.9 Å². The molecule has 0 atom stereocenters. The number of unbranched alkanes of at least 4 members (excludes halogenated alkanes) is 1. The van der Waals surface area contributed by atoms with Crippen molar-refractivity contribution in [2.24, 2.45) is 0 Å². The number of anilines is 1. The van der Waals surface area contributed by atoms with Gasteiger partial charge in [-0.2, -0.15) is 13.2 Å². The molecule has 2 aromatic heterocycles. The minimum absolute atomic E-state index is 0.0381. The Kier molecular flexibility index (Phi) is 4.15. The van der Waals surface area contributed by atoms with E-state index in [-0.39, 0.29) is 11.0 Å². The van der Waals surface area contributed by atoms with Crippen molar-refractivity contribution in [3.63, 3.8) is 0 Å². The highest BCUT2D eigenvalue weighted by atomic mass is 19.4. The van der Waals surface area contributed by atoms with E-state index in [4.69, 9.17) is 0 Å². The molecule has 114 valence electrons. The third-order valence-electron chi connectivity index (χ3n) is 3.02. The number of rotatable bonds is 4. The zero-order valence-electron chi connectivity index (χ0n) is 11.7. The summed E-state index contributed by atoms with van der Waals surface area (Å²) in [5.74, 6) is -0.436. The van der Waals surface area contributed by atoms with Gasteiger partial charge in [0.2, 0.25) is 5.91 Å². The van der Waals surface area contributed by atoms with Gasteiger partial charge >= 0.3 is 6.18 Å². The maximum Gasteiger partial charge on any atom is 0.431 e. The minimum Gasteiger partial charge on any atom is -0.369 e. The Morgan fingerprint density at radius 1 is 1.38 bits per heavy atom. The maximum absolute atomic E-state index is 13.0. The van der Waals surface area contributed by atoms with Crippen molar-refractivity contribution in [3.05, 3.63) is 18.1 Å². The molecule has 2 heterocycles. The number of halogens is 3. The van der Waals surface area contributed by atoms with Gasteiger partial charge in [-0.15, -0.1) is 0 Å². The largest absolute Gasteiger partial charge is 0.431 e. The number of aromatic nitrogens is 3. The van der Waals surface area contributed by atoms with Crippen LogP contribution in [0.25, 0.3) is 11.0 Å². The van der Waals surface area contributed by atoms with Gasteiger partial charge < -0.3 is 5.32 Å². The molecule has 8 heteroatoms. The van der Waals surface area contributed by atoms with E-state index in [1.54, 1.807) is 0 Å². The third-order valence-corrected chi connectivity index (χ3v) is 3.02. The molecule has 2 rings (SSSR count). The molecule has 0 aliphatic heterocycles. The van der Waals surface area contributed by atoms with Crippen molar-refractivity contribution in [1.82, 2.24) is 14.5 Å². The zero-order valence-corrected chi connectivity index (χ0v) is 11.7. The Hall–Kier alpha value is -2.12. The van der Waals surface area contributed by atoms with Crippen LogP contribution in [0.15, 0.2) is 12.4 Å². The summed E-state index contributed by atoms with van der Waals surface area (Å²) in [6.07, 6.45) is -1.67. The first-order chi connectivity index (χ1) is 9.86. The van der Waals surface area contributed by atoms with E-state index in [2.05, 4.69) is 15.3 Å². The average Bonchev–Trinajstić information content (AvgIpc) is 2.79. The van der Waals surface area contributed by atoms with Crippen LogP contribution in [0.5, 0.6) is 0 Å². The van der Waals surface area contributed by atoms with E-state index in [1.165, 1.54) is 0 Å². The highest BCUT2D eigenvalue weighted by Gasteiger charge is 2.37. The fraction of sp³-hybridized carbons (Fsp3) is 0.462. The van der Waals surface area contributed by atoms with Crippen LogP contribution < -0.4 is 5.32 Å². The summed E-state index contributed by atoms with van der Waals surface area (Å²) in [6, 6.07) is 0.908. The standard InChI is InChI=1S/C13H15F3N4O/c1-3-4-5-17-11-9-6-10(13(14,15)16)20(8(2)21)12(9)19-7-18-11/h6-7H,3-5H2,1-2H3,(H,17,18,19). The van der Waals surface area contributed by atoms with E-state index in [1.807, 2.05) is 6.92 Å². The number of hydrogen-bond donors (Lipinski definition) is 1. The van der Waals surface area contributed by atoms with Crippen LogP contribution in [0, 0.1) is 0 Å². The molecule has 0 fully saturated rings. The van der Waals surface area contributed by atoms with Gasteiger partial charge in [0.25, 0.3) is 0 Å². The number of carbonyl (C=O) groups excluding carboxylic acids is 1. The molecule has 5 nitrogen and oxygen atoms in total. The molecule has 0 aliphatic rings. The van der Waals surface area contributed by atoms with Gasteiger partial charge in [-0.25, -0.2) is 9.97 Å². The topological polar surface area (TPSA) is 59.8 Å². The highest BCUT2D eigenvalue weighted by molar-refractivity contribution is 5.95. The number of nitrogens with zero attached hydrogens (tertiary/aromatic N) is 3. The summed E-state index contributed by atoms with van der Waals surface area (Å²) in [4.78, 5) is 19.3. The highest BCUT2D eigenvalue weighted by Crippen LogP contribution is 2.35. The summed E-state index contributed by atoms with van der Waals surface area (Å²) in [7, 11) is 0. The Balaban J connectivity index is 2.58. The third kappa shape index (κ3) is 2.98. The monoisotopic (exact) mass is 300 g/mol. The summed E-state index contributed by atoms with van der Waals surface area (Å²) in [5.41, 5.74) is -1.08. The molecular formula is C13H15F3N4O. The second kappa shape index (κ2) is 5.71. The number of hydrogen-bond acceptors (Lipinski definition) is 4. The van der Waals surface area contributed by atoms with Crippen molar-refractivity contribution in [2.45, 2.75) is 32.9 Å². The molecule has 1 N–H and O–H groups in total. The fourth-order valence-electron chi connectivity index (χ4n) is 2.06. The van der Waals surface area contributed by atoms with E-state index < -0.39 is 17.8 Å². The van der Waals surface area contributed by atoms with Gasteiger partial charge in [-0.1, -0.05) is 13.3 Å². The van der Waals surface area contributed by atoms with Gasteiger partial charge in [0.05, 0.1) is 5.39 Å². The van der Waals surface area contributed by atoms with Crippen LogP contribution in [0.4, 0.5) is 19.0 Å². The predicted molar refractivity (Wildman–Crippen MR) is 72.2 cm³/mol. The summed E-state index contributed by atoms with van der Waals surface area (Å²) in [5, 5.41) is 3.17. The Labute approximate surface area is 119 Å². The van der Waals surface area contributed by atoms with E-state index >= 15 is 0 Å². The first kappa shape index (κ1) is 15.3. The molecular weight excluding hydrogens is 285 g/mol. The normalized spacial score (nSPS) is 11.9. The lowest BCUT2D eigenvalue weighted by atomic mass is 10.3. The molecule has 0 saturated heterocycles. The molecule has 0 unspecified atom stereocenters. The Morgan fingerprint density at radius 2 is 2.10 bits per heavy atom. The second-order valence-electron chi connectivity index (χ2n) is 4.62. The van der Waals surface area contributed by atoms with E-state index in [9.17, 15) is 18.0 Å². The molecule has 0 aromatic carbocycles. The van der Waals surface area contributed by atoms with Crippen LogP contribution in [-0.4, -0.2) is 27.0 Å². The lowest BCUT2D eigenvalue weighted by molar-refractivity contribution is -0.142. The van der Waals surface area contributed by atoms with Crippen molar-refractivity contribution in [3.8, 4) is 0 Å². The number of alkyl halides is 3. The quantitative estimate of drug-likeness (QED) is 0.880. The van der Waals surface area contributed by atoms with Gasteiger partial charge in [0.1, 0.15) is 17.8 Å². The van der Waals surface area contributed by atoms with Crippen LogP contribution >= 0.6 is 0 Å². The van der Waals surface area contributed by atoms with Gasteiger partial charge in [-0.05, 0) is 12.5 Å². The first-order valence-corrected chi connectivity index (χ1v) is 6.54. The fourth-order valence-corrected chi connectivity index (χ4v) is 2.06. The van der Waals surface area contributed by atoms with E-state index in [0.717, 1.165) is 32.2 Å². The van der Waals surface area contributed by atoms with Crippen LogP contribution in [0.1, 0.15) is 37.2 Å². The lowest BCUT2D eigenvalue weighted by Gasteiger charge is -2.08. The Morgan fingerprint density at radius 3 is 2.67 bits per heavy atom. The maximum atomic E-state index is 13.0. The smallest absolute Gasteiger partial charge is 0.369 e.